The summed E-state index contributed by atoms with van der Waals surface area (Å²) in [5.74, 6) is -1.68. The highest BCUT2D eigenvalue weighted by molar-refractivity contribution is 5.76. The third-order valence-corrected chi connectivity index (χ3v) is 2.19. The summed E-state index contributed by atoms with van der Waals surface area (Å²) in [5, 5.41) is 37.5. The van der Waals surface area contributed by atoms with Crippen molar-refractivity contribution >= 4 is 11.7 Å². The Balaban J connectivity index is 3.52. The molecule has 18 heavy (non-hydrogen) atoms. The van der Waals surface area contributed by atoms with Crippen LogP contribution in [0.4, 0.5) is 5.69 Å². The Bertz CT molecular complexity index is 548. The van der Waals surface area contributed by atoms with Crippen molar-refractivity contribution in [2.75, 3.05) is 7.11 Å². The Kier molecular flexibility index (Phi) is 3.81. The molecule has 8 heteroatoms. The molecule has 94 valence electrons. The van der Waals surface area contributed by atoms with Crippen molar-refractivity contribution in [3.63, 3.8) is 0 Å². The van der Waals surface area contributed by atoms with Crippen LogP contribution in [0.2, 0.25) is 0 Å². The van der Waals surface area contributed by atoms with Crippen molar-refractivity contribution in [1.29, 1.82) is 5.26 Å². The molecule has 0 aliphatic carbocycles. The zero-order valence-electron chi connectivity index (χ0n) is 9.15. The Morgan fingerprint density at radius 2 is 2.22 bits per heavy atom. The molecule has 0 radical (unpaired) electrons. The van der Waals surface area contributed by atoms with E-state index in [1.807, 2.05) is 0 Å². The van der Waals surface area contributed by atoms with Crippen LogP contribution in [0.15, 0.2) is 12.1 Å². The van der Waals surface area contributed by atoms with E-state index in [2.05, 4.69) is 0 Å². The minimum Gasteiger partial charge on any atom is -0.496 e. The zero-order valence-corrected chi connectivity index (χ0v) is 9.15. The molecule has 0 aliphatic rings. The number of nitrogens with zero attached hydrogens (tertiary/aromatic N) is 2. The molecule has 0 heterocycles. The number of benzene rings is 1. The molecule has 0 saturated heterocycles. The predicted octanol–water partition coefficient (Wildman–Crippen LogP) is 0.593. The van der Waals surface area contributed by atoms with Gasteiger partial charge in [0.15, 0.2) is 6.10 Å². The smallest absolute Gasteiger partial charge is 0.337 e. The van der Waals surface area contributed by atoms with E-state index in [1.54, 1.807) is 6.07 Å². The number of aliphatic hydroxyl groups excluding tert-OH is 1. The summed E-state index contributed by atoms with van der Waals surface area (Å²) in [6, 6.07) is 3.43. The average Bonchev–Trinajstić information content (AvgIpc) is 2.35. The van der Waals surface area contributed by atoms with Gasteiger partial charge in [0.25, 0.3) is 5.69 Å². The Hall–Kier alpha value is -2.66. The van der Waals surface area contributed by atoms with Crippen molar-refractivity contribution in [3.05, 3.63) is 33.4 Å². The number of aliphatic carboxylic acids is 1. The largest absolute Gasteiger partial charge is 0.496 e. The summed E-state index contributed by atoms with van der Waals surface area (Å²) in [4.78, 5) is 20.5. The summed E-state index contributed by atoms with van der Waals surface area (Å²) in [5.41, 5.74) is -1.15. The number of carboxylic acids is 1. The monoisotopic (exact) mass is 252 g/mol. The van der Waals surface area contributed by atoms with Gasteiger partial charge >= 0.3 is 5.97 Å². The summed E-state index contributed by atoms with van der Waals surface area (Å²) < 4.78 is 4.80. The second-order valence-electron chi connectivity index (χ2n) is 3.22. The number of aliphatic hydroxyl groups is 1. The lowest BCUT2D eigenvalue weighted by atomic mass is 10.0. The van der Waals surface area contributed by atoms with Crippen LogP contribution in [-0.2, 0) is 4.79 Å². The van der Waals surface area contributed by atoms with Crippen LogP contribution in [0.1, 0.15) is 17.2 Å². The summed E-state index contributed by atoms with van der Waals surface area (Å²) in [6.07, 6.45) is -1.97. The second-order valence-corrected chi connectivity index (χ2v) is 3.22. The van der Waals surface area contributed by atoms with E-state index in [9.17, 15) is 20.0 Å². The van der Waals surface area contributed by atoms with Crippen LogP contribution >= 0.6 is 0 Å². The number of carbonyl (C=O) groups is 1. The fraction of sp³-hybridized carbons (Fsp3) is 0.200. The highest BCUT2D eigenvalue weighted by Crippen LogP contribution is 2.32. The molecule has 0 aliphatic heterocycles. The summed E-state index contributed by atoms with van der Waals surface area (Å²) in [6.45, 7) is 0. The maximum atomic E-state index is 10.7. The van der Waals surface area contributed by atoms with E-state index in [1.165, 1.54) is 7.11 Å². The quantitative estimate of drug-likeness (QED) is 0.591. The van der Waals surface area contributed by atoms with Crippen LogP contribution in [0.5, 0.6) is 5.75 Å². The normalized spacial score (nSPS) is 11.4. The molecule has 0 amide bonds. The Morgan fingerprint density at radius 1 is 1.61 bits per heavy atom. The number of hydrogen-bond acceptors (Lipinski definition) is 6. The third kappa shape index (κ3) is 2.36. The maximum Gasteiger partial charge on any atom is 0.337 e. The highest BCUT2D eigenvalue weighted by atomic mass is 16.6. The van der Waals surface area contributed by atoms with Gasteiger partial charge in [0.1, 0.15) is 17.4 Å². The lowest BCUT2D eigenvalue weighted by Crippen LogP contribution is -2.12. The fourth-order valence-electron chi connectivity index (χ4n) is 1.35. The number of nitro groups is 1. The molecule has 0 spiro atoms. The van der Waals surface area contributed by atoms with Crippen LogP contribution < -0.4 is 4.74 Å². The zero-order chi connectivity index (χ0) is 13.9. The molecule has 1 rings (SSSR count). The van der Waals surface area contributed by atoms with Gasteiger partial charge in [-0.15, -0.1) is 0 Å². The van der Waals surface area contributed by atoms with Gasteiger partial charge in [-0.3, -0.25) is 10.1 Å². The SMILES string of the molecule is COc1cc(C#N)c([N+](=O)[O-])cc1C(O)C(=O)O. The molecule has 0 fully saturated rings. The molecular formula is C10H8N2O6. The molecule has 1 atom stereocenters. The minimum absolute atomic E-state index is 0.105. The van der Waals surface area contributed by atoms with Crippen LogP contribution in [-0.4, -0.2) is 28.2 Å². The van der Waals surface area contributed by atoms with Gasteiger partial charge in [-0.1, -0.05) is 0 Å². The molecule has 0 saturated carbocycles. The number of carboxylic acid groups (broad SMARTS) is 1. The fourth-order valence-corrected chi connectivity index (χ4v) is 1.35. The van der Waals surface area contributed by atoms with Gasteiger partial charge < -0.3 is 14.9 Å². The number of methoxy groups -OCH3 is 1. The first-order chi connectivity index (χ1) is 8.42. The van der Waals surface area contributed by atoms with Gasteiger partial charge in [-0.2, -0.15) is 5.26 Å². The van der Waals surface area contributed by atoms with Crippen LogP contribution in [0.25, 0.3) is 0 Å². The number of nitriles is 1. The van der Waals surface area contributed by atoms with E-state index in [-0.39, 0.29) is 16.9 Å². The van der Waals surface area contributed by atoms with Crippen LogP contribution in [0.3, 0.4) is 0 Å². The van der Waals surface area contributed by atoms with Gasteiger partial charge in [0.2, 0.25) is 0 Å². The second kappa shape index (κ2) is 5.11. The highest BCUT2D eigenvalue weighted by Gasteiger charge is 2.26. The van der Waals surface area contributed by atoms with Crippen molar-refractivity contribution in [3.8, 4) is 11.8 Å². The lowest BCUT2D eigenvalue weighted by molar-refractivity contribution is -0.385. The van der Waals surface area contributed by atoms with Crippen molar-refractivity contribution in [2.24, 2.45) is 0 Å². The lowest BCUT2D eigenvalue weighted by Gasteiger charge is -2.11. The van der Waals surface area contributed by atoms with Gasteiger partial charge in [-0.25, -0.2) is 4.79 Å². The molecule has 1 aromatic rings. The molecule has 0 aromatic heterocycles. The maximum absolute atomic E-state index is 10.7. The first-order valence-corrected chi connectivity index (χ1v) is 4.59. The first kappa shape index (κ1) is 13.4. The van der Waals surface area contributed by atoms with Gasteiger partial charge in [0.05, 0.1) is 12.0 Å². The Labute approximate surface area is 101 Å². The minimum atomic E-state index is -1.97. The third-order valence-electron chi connectivity index (χ3n) is 2.19. The van der Waals surface area contributed by atoms with E-state index in [0.29, 0.717) is 0 Å². The molecule has 1 unspecified atom stereocenters. The number of ether oxygens (including phenoxy) is 1. The number of hydrogen-bond donors (Lipinski definition) is 2. The summed E-state index contributed by atoms with van der Waals surface area (Å²) >= 11 is 0. The van der Waals surface area contributed by atoms with E-state index in [4.69, 9.17) is 15.1 Å². The number of rotatable bonds is 4. The molecule has 0 bridgehead atoms. The molecule has 1 aromatic carbocycles. The van der Waals surface area contributed by atoms with Crippen molar-refractivity contribution in [2.45, 2.75) is 6.10 Å². The Morgan fingerprint density at radius 3 is 2.61 bits per heavy atom. The predicted molar refractivity (Wildman–Crippen MR) is 57.0 cm³/mol. The van der Waals surface area contributed by atoms with E-state index >= 15 is 0 Å². The van der Waals surface area contributed by atoms with Crippen molar-refractivity contribution in [1.82, 2.24) is 0 Å². The first-order valence-electron chi connectivity index (χ1n) is 4.59. The molecule has 8 nitrogen and oxygen atoms in total. The molecule has 2 N–H and O–H groups in total. The number of nitro benzene ring substituents is 1. The molecular weight excluding hydrogens is 244 g/mol. The van der Waals surface area contributed by atoms with E-state index < -0.39 is 22.7 Å². The van der Waals surface area contributed by atoms with Crippen molar-refractivity contribution < 1.29 is 24.7 Å². The van der Waals surface area contributed by atoms with E-state index in [0.717, 1.165) is 12.1 Å². The van der Waals surface area contributed by atoms with Gasteiger partial charge in [-0.05, 0) is 0 Å². The van der Waals surface area contributed by atoms with Gasteiger partial charge in [0, 0.05) is 17.7 Å². The standard InChI is InChI=1S/C10H8N2O6/c1-18-8-2-5(4-11)7(12(16)17)3-6(8)9(13)10(14)15/h2-3,9,13H,1H3,(H,14,15). The topological polar surface area (TPSA) is 134 Å². The average molecular weight is 252 g/mol. The summed E-state index contributed by atoms with van der Waals surface area (Å²) in [7, 11) is 1.19. The van der Waals surface area contributed by atoms with Crippen LogP contribution in [0, 0.1) is 21.4 Å².